The van der Waals surface area contributed by atoms with Crippen LogP contribution in [0.2, 0.25) is 0 Å². The summed E-state index contributed by atoms with van der Waals surface area (Å²) in [5.74, 6) is -0.363. The quantitative estimate of drug-likeness (QED) is 0.642. The van der Waals surface area contributed by atoms with Gasteiger partial charge in [-0.1, -0.05) is 60.7 Å². The molecule has 0 radical (unpaired) electrons. The van der Waals surface area contributed by atoms with Crippen LogP contribution in [0.1, 0.15) is 34.7 Å². The summed E-state index contributed by atoms with van der Waals surface area (Å²) in [6.07, 6.45) is 1.87. The molecule has 0 aromatic heterocycles. The third kappa shape index (κ3) is 4.31. The summed E-state index contributed by atoms with van der Waals surface area (Å²) in [6, 6.07) is 25.0. The lowest BCUT2D eigenvalue weighted by Gasteiger charge is -2.57. The van der Waals surface area contributed by atoms with E-state index < -0.39 is 5.82 Å². The lowest BCUT2D eigenvalue weighted by molar-refractivity contribution is -0.0606. The smallest absolute Gasteiger partial charge is 0.254 e. The van der Waals surface area contributed by atoms with Gasteiger partial charge in [0.25, 0.3) is 5.91 Å². The molecule has 3 aromatic carbocycles. The third-order valence-corrected chi connectivity index (χ3v) is 7.13. The topological polar surface area (TPSA) is 43.8 Å². The van der Waals surface area contributed by atoms with Crippen molar-refractivity contribution in [3.8, 4) is 11.1 Å². The molecule has 0 bridgehead atoms. The molecule has 170 valence electrons. The van der Waals surface area contributed by atoms with Crippen molar-refractivity contribution in [1.82, 2.24) is 9.80 Å². The molecule has 3 atom stereocenters. The van der Waals surface area contributed by atoms with Crippen molar-refractivity contribution in [2.24, 2.45) is 0 Å². The highest BCUT2D eigenvalue weighted by atomic mass is 19.1. The molecule has 2 heterocycles. The number of hydrogen-bond acceptors (Lipinski definition) is 3. The van der Waals surface area contributed by atoms with Crippen molar-refractivity contribution < 1.29 is 14.3 Å². The molecular weight excluding hydrogens is 415 g/mol. The van der Waals surface area contributed by atoms with Crippen LogP contribution in [0.5, 0.6) is 0 Å². The van der Waals surface area contributed by atoms with Gasteiger partial charge in [-0.15, -0.1) is 0 Å². The van der Waals surface area contributed by atoms with Gasteiger partial charge in [-0.2, -0.15) is 0 Å². The van der Waals surface area contributed by atoms with Crippen molar-refractivity contribution in [2.75, 3.05) is 26.2 Å². The molecule has 5 rings (SSSR count). The Bertz CT molecular complexity index is 1100. The van der Waals surface area contributed by atoms with Gasteiger partial charge in [0.1, 0.15) is 5.82 Å². The standard InChI is InChI=1S/C28H29FN2O2/c29-24-10-6-9-23(17-24)28(33)30-15-4-5-16-31-25(18-30)27(26(31)19-32)22-13-11-21(12-14-22)20-7-2-1-3-8-20/h1-3,6-14,17,25-27,32H,4-5,15-16,18-19H2/t25-,26+,27+/m0/s1. The van der Waals surface area contributed by atoms with Crippen LogP contribution in [-0.4, -0.2) is 59.1 Å². The number of carbonyl (C=O) groups excluding carboxylic acids is 1. The summed E-state index contributed by atoms with van der Waals surface area (Å²) >= 11 is 0. The average molecular weight is 445 g/mol. The molecule has 0 aliphatic carbocycles. The van der Waals surface area contributed by atoms with E-state index in [9.17, 15) is 14.3 Å². The number of hydrogen-bond donors (Lipinski definition) is 1. The zero-order valence-corrected chi connectivity index (χ0v) is 18.6. The molecule has 1 N–H and O–H groups in total. The molecular formula is C28H29FN2O2. The number of aliphatic hydroxyl groups is 1. The zero-order valence-electron chi connectivity index (χ0n) is 18.6. The normalized spacial score (nSPS) is 23.2. The van der Waals surface area contributed by atoms with E-state index in [-0.39, 0.29) is 30.5 Å². The number of rotatable bonds is 4. The highest BCUT2D eigenvalue weighted by Crippen LogP contribution is 2.42. The summed E-state index contributed by atoms with van der Waals surface area (Å²) < 4.78 is 13.7. The summed E-state index contributed by atoms with van der Waals surface area (Å²) in [7, 11) is 0. The van der Waals surface area contributed by atoms with Gasteiger partial charge in [0.2, 0.25) is 0 Å². The van der Waals surface area contributed by atoms with Crippen molar-refractivity contribution in [2.45, 2.75) is 30.8 Å². The predicted molar refractivity (Wildman–Crippen MR) is 128 cm³/mol. The fraction of sp³-hybridized carbons (Fsp3) is 0.321. The molecule has 0 unspecified atom stereocenters. The second-order valence-electron chi connectivity index (χ2n) is 9.04. The maximum absolute atomic E-state index is 13.7. The van der Waals surface area contributed by atoms with Crippen molar-refractivity contribution in [3.63, 3.8) is 0 Å². The first-order valence-electron chi connectivity index (χ1n) is 11.7. The molecule has 2 fully saturated rings. The monoisotopic (exact) mass is 444 g/mol. The van der Waals surface area contributed by atoms with Crippen molar-refractivity contribution in [1.29, 1.82) is 0 Å². The minimum atomic E-state index is -0.394. The van der Waals surface area contributed by atoms with Gasteiger partial charge >= 0.3 is 0 Å². The van der Waals surface area contributed by atoms with E-state index >= 15 is 0 Å². The number of amides is 1. The number of carbonyl (C=O) groups is 1. The van der Waals surface area contributed by atoms with Gasteiger partial charge in [0.15, 0.2) is 0 Å². The van der Waals surface area contributed by atoms with E-state index in [0.717, 1.165) is 24.9 Å². The van der Waals surface area contributed by atoms with Crippen molar-refractivity contribution in [3.05, 3.63) is 95.8 Å². The van der Waals surface area contributed by atoms with Crippen LogP contribution >= 0.6 is 0 Å². The first kappa shape index (κ1) is 21.8. The molecule has 3 aromatic rings. The van der Waals surface area contributed by atoms with Crippen LogP contribution in [0, 0.1) is 5.82 Å². The molecule has 33 heavy (non-hydrogen) atoms. The second-order valence-corrected chi connectivity index (χ2v) is 9.04. The molecule has 2 aliphatic heterocycles. The molecule has 0 spiro atoms. The van der Waals surface area contributed by atoms with Crippen LogP contribution < -0.4 is 0 Å². The van der Waals surface area contributed by atoms with Crippen LogP contribution in [0.4, 0.5) is 4.39 Å². The predicted octanol–water partition coefficient (Wildman–Crippen LogP) is 4.56. The Hall–Kier alpha value is -3.02. The lowest BCUT2D eigenvalue weighted by atomic mass is 9.74. The molecule has 2 saturated heterocycles. The van der Waals surface area contributed by atoms with E-state index in [4.69, 9.17) is 0 Å². The third-order valence-electron chi connectivity index (χ3n) is 7.13. The van der Waals surface area contributed by atoms with Gasteiger partial charge in [-0.25, -0.2) is 4.39 Å². The summed E-state index contributed by atoms with van der Waals surface area (Å²) in [6.45, 7) is 2.27. The van der Waals surface area contributed by atoms with E-state index in [1.807, 2.05) is 23.1 Å². The first-order chi connectivity index (χ1) is 16.2. The minimum absolute atomic E-state index is 0.0572. The van der Waals surface area contributed by atoms with Gasteiger partial charge in [0, 0.05) is 36.7 Å². The Balaban J connectivity index is 1.39. The molecule has 4 nitrogen and oxygen atoms in total. The molecule has 1 amide bonds. The van der Waals surface area contributed by atoms with Crippen LogP contribution in [0.3, 0.4) is 0 Å². The van der Waals surface area contributed by atoms with Crippen LogP contribution in [0.25, 0.3) is 11.1 Å². The Morgan fingerprint density at radius 2 is 1.64 bits per heavy atom. The van der Waals surface area contributed by atoms with E-state index in [1.165, 1.54) is 23.3 Å². The lowest BCUT2D eigenvalue weighted by Crippen LogP contribution is -2.67. The Morgan fingerprint density at radius 3 is 2.36 bits per heavy atom. The molecule has 2 aliphatic rings. The largest absolute Gasteiger partial charge is 0.395 e. The van der Waals surface area contributed by atoms with Crippen LogP contribution in [0.15, 0.2) is 78.9 Å². The summed E-state index contributed by atoms with van der Waals surface area (Å²) in [4.78, 5) is 17.4. The highest BCUT2D eigenvalue weighted by Gasteiger charge is 2.49. The van der Waals surface area contributed by atoms with E-state index in [2.05, 4.69) is 41.3 Å². The van der Waals surface area contributed by atoms with E-state index in [1.54, 1.807) is 12.1 Å². The number of fused-ring (bicyclic) bond motifs is 1. The average Bonchev–Trinajstić information content (AvgIpc) is 2.83. The maximum atomic E-state index is 13.7. The van der Waals surface area contributed by atoms with Crippen LogP contribution in [-0.2, 0) is 0 Å². The Labute approximate surface area is 194 Å². The van der Waals surface area contributed by atoms with Gasteiger partial charge in [-0.3, -0.25) is 9.69 Å². The minimum Gasteiger partial charge on any atom is -0.395 e. The number of halogens is 1. The Morgan fingerprint density at radius 1 is 0.909 bits per heavy atom. The fourth-order valence-electron chi connectivity index (χ4n) is 5.46. The van der Waals surface area contributed by atoms with Crippen molar-refractivity contribution >= 4 is 5.91 Å². The Kier molecular flexibility index (Phi) is 6.25. The first-order valence-corrected chi connectivity index (χ1v) is 11.7. The number of nitrogens with zero attached hydrogens (tertiary/aromatic N) is 2. The number of benzene rings is 3. The fourth-order valence-corrected chi connectivity index (χ4v) is 5.46. The summed E-state index contributed by atoms with van der Waals surface area (Å²) in [5, 5.41) is 10.2. The van der Waals surface area contributed by atoms with E-state index in [0.29, 0.717) is 18.7 Å². The molecule has 0 saturated carbocycles. The second kappa shape index (κ2) is 9.46. The summed E-state index contributed by atoms with van der Waals surface area (Å²) in [5.41, 5.74) is 3.92. The number of aliphatic hydroxyl groups excluding tert-OH is 1. The molecule has 5 heteroatoms. The SMILES string of the molecule is O=C(c1cccc(F)c1)N1CCCCN2[C@H](CO)[C@H](c3ccc(-c4ccccc4)cc3)[C@@H]2C1. The van der Waals surface area contributed by atoms with Gasteiger partial charge < -0.3 is 10.0 Å². The maximum Gasteiger partial charge on any atom is 0.254 e. The highest BCUT2D eigenvalue weighted by molar-refractivity contribution is 5.94. The van der Waals surface area contributed by atoms with Gasteiger partial charge in [-0.05, 0) is 54.3 Å². The zero-order chi connectivity index (χ0) is 22.8. The van der Waals surface area contributed by atoms with Gasteiger partial charge in [0.05, 0.1) is 6.61 Å².